The van der Waals surface area contributed by atoms with E-state index in [0.29, 0.717) is 12.8 Å². The van der Waals surface area contributed by atoms with Gasteiger partial charge < -0.3 is 10.4 Å². The summed E-state index contributed by atoms with van der Waals surface area (Å²) in [6.45, 7) is 0.520. The highest BCUT2D eigenvalue weighted by Gasteiger charge is 2.33. The molecule has 0 radical (unpaired) electrons. The van der Waals surface area contributed by atoms with Crippen molar-refractivity contribution in [2.45, 2.75) is 43.0 Å². The molecule has 2 N–H and O–H groups in total. The van der Waals surface area contributed by atoms with Gasteiger partial charge in [0.25, 0.3) is 0 Å². The van der Waals surface area contributed by atoms with E-state index in [0.717, 1.165) is 16.7 Å². The molecule has 0 bridgehead atoms. The van der Waals surface area contributed by atoms with Gasteiger partial charge in [0.2, 0.25) is 15.9 Å². The molecule has 0 aromatic heterocycles. The van der Waals surface area contributed by atoms with E-state index in [1.54, 1.807) is 18.2 Å². The van der Waals surface area contributed by atoms with Crippen LogP contribution < -0.4 is 5.32 Å². The summed E-state index contributed by atoms with van der Waals surface area (Å²) in [5.74, 6) is -0.528. The molecule has 2 aromatic rings. The van der Waals surface area contributed by atoms with Crippen LogP contribution in [0.3, 0.4) is 0 Å². The number of hydrogen-bond acceptors (Lipinski definition) is 4. The molecule has 4 rings (SSSR count). The Morgan fingerprint density at radius 1 is 1.07 bits per heavy atom. The van der Waals surface area contributed by atoms with E-state index in [-0.39, 0.29) is 34.8 Å². The summed E-state index contributed by atoms with van der Waals surface area (Å²) >= 11 is 6.08. The first-order chi connectivity index (χ1) is 12.9. The normalized spacial score (nSPS) is 23.1. The maximum absolute atomic E-state index is 12.9. The van der Waals surface area contributed by atoms with Crippen LogP contribution in [0.15, 0.2) is 47.4 Å². The van der Waals surface area contributed by atoms with Crippen molar-refractivity contribution in [3.8, 4) is 0 Å². The Morgan fingerprint density at radius 2 is 1.81 bits per heavy atom. The highest BCUT2D eigenvalue weighted by atomic mass is 35.5. The number of aliphatic hydroxyl groups excluding tert-OH is 1. The zero-order chi connectivity index (χ0) is 19.2. The van der Waals surface area contributed by atoms with E-state index in [1.807, 2.05) is 18.2 Å². The number of sulfonamides is 1. The standard InChI is InChI=1S/C19H19ClN2O4S/c20-16-3-1-2-4-17(16)27(25,26)22-10-13-6-5-12(9-14(13)11-22)15-7-8-18(23)21-19(15)24/h1-6,9,15,18,23H,7-8,10-11H2,(H,21,24). The number of nitrogens with one attached hydrogen (secondary N) is 1. The lowest BCUT2D eigenvalue weighted by atomic mass is 9.88. The van der Waals surface area contributed by atoms with Crippen LogP contribution in [0, 0.1) is 0 Å². The van der Waals surface area contributed by atoms with Crippen molar-refractivity contribution in [2.75, 3.05) is 0 Å². The van der Waals surface area contributed by atoms with Crippen molar-refractivity contribution >= 4 is 27.5 Å². The summed E-state index contributed by atoms with van der Waals surface area (Å²) in [6.07, 6.45) is 0.271. The lowest BCUT2D eigenvalue weighted by Crippen LogP contribution is -2.42. The molecule has 8 heteroatoms. The largest absolute Gasteiger partial charge is 0.374 e. The van der Waals surface area contributed by atoms with Crippen molar-refractivity contribution in [2.24, 2.45) is 0 Å². The average Bonchev–Trinajstić information content (AvgIpc) is 3.06. The van der Waals surface area contributed by atoms with Crippen LogP contribution in [-0.4, -0.2) is 30.0 Å². The van der Waals surface area contributed by atoms with Gasteiger partial charge in [-0.25, -0.2) is 8.42 Å². The smallest absolute Gasteiger partial charge is 0.245 e. The third kappa shape index (κ3) is 3.36. The number of amides is 1. The molecule has 6 nitrogen and oxygen atoms in total. The predicted octanol–water partition coefficient (Wildman–Crippen LogP) is 2.36. The van der Waals surface area contributed by atoms with Gasteiger partial charge in [0.1, 0.15) is 11.1 Å². The van der Waals surface area contributed by atoms with E-state index in [9.17, 15) is 18.3 Å². The minimum Gasteiger partial charge on any atom is -0.374 e. The fourth-order valence-corrected chi connectivity index (χ4v) is 5.56. The lowest BCUT2D eigenvalue weighted by Gasteiger charge is -2.26. The van der Waals surface area contributed by atoms with Gasteiger partial charge in [-0.2, -0.15) is 4.31 Å². The lowest BCUT2D eigenvalue weighted by molar-refractivity contribution is -0.128. The van der Waals surface area contributed by atoms with Crippen LogP contribution >= 0.6 is 11.6 Å². The van der Waals surface area contributed by atoms with Gasteiger partial charge in [0.05, 0.1) is 10.9 Å². The van der Waals surface area contributed by atoms with Gasteiger partial charge >= 0.3 is 0 Å². The number of piperidine rings is 1. The van der Waals surface area contributed by atoms with Gasteiger partial charge in [-0.3, -0.25) is 4.79 Å². The molecule has 0 saturated carbocycles. The van der Waals surface area contributed by atoms with Gasteiger partial charge in [0, 0.05) is 13.1 Å². The maximum atomic E-state index is 12.9. The van der Waals surface area contributed by atoms with Crippen LogP contribution in [0.1, 0.15) is 35.4 Å². The van der Waals surface area contributed by atoms with Crippen LogP contribution in [0.2, 0.25) is 5.02 Å². The quantitative estimate of drug-likeness (QED) is 0.819. The first kappa shape index (κ1) is 18.4. The van der Waals surface area contributed by atoms with E-state index < -0.39 is 16.3 Å². The van der Waals surface area contributed by atoms with Crippen molar-refractivity contribution in [3.05, 3.63) is 64.2 Å². The monoisotopic (exact) mass is 406 g/mol. The molecule has 2 heterocycles. The first-order valence-corrected chi connectivity index (χ1v) is 10.5. The van der Waals surface area contributed by atoms with E-state index in [4.69, 9.17) is 11.6 Å². The molecule has 2 aromatic carbocycles. The highest BCUT2D eigenvalue weighted by molar-refractivity contribution is 7.89. The van der Waals surface area contributed by atoms with Crippen molar-refractivity contribution in [1.82, 2.24) is 9.62 Å². The molecule has 1 fully saturated rings. The fraction of sp³-hybridized carbons (Fsp3) is 0.316. The minimum absolute atomic E-state index is 0.0975. The number of carbonyl (C=O) groups is 1. The molecule has 1 saturated heterocycles. The Labute approximate surface area is 162 Å². The van der Waals surface area contributed by atoms with Crippen LogP contribution in [0.5, 0.6) is 0 Å². The van der Waals surface area contributed by atoms with Crippen molar-refractivity contribution in [1.29, 1.82) is 0 Å². The molecule has 2 aliphatic rings. The number of aliphatic hydroxyl groups is 1. The Kier molecular flexibility index (Phi) is 4.71. The summed E-state index contributed by atoms with van der Waals surface area (Å²) in [7, 11) is -3.70. The molecule has 2 aliphatic heterocycles. The number of hydrogen-bond donors (Lipinski definition) is 2. The zero-order valence-electron chi connectivity index (χ0n) is 14.4. The molecular formula is C19H19ClN2O4S. The molecule has 27 heavy (non-hydrogen) atoms. The van der Waals surface area contributed by atoms with Gasteiger partial charge in [0.15, 0.2) is 0 Å². The van der Waals surface area contributed by atoms with E-state index in [1.165, 1.54) is 10.4 Å². The third-order valence-corrected chi connectivity index (χ3v) is 7.43. The van der Waals surface area contributed by atoms with E-state index in [2.05, 4.69) is 5.32 Å². The Balaban J connectivity index is 1.59. The number of carbonyl (C=O) groups excluding carboxylic acids is 1. The predicted molar refractivity (Wildman–Crippen MR) is 100 cm³/mol. The number of rotatable bonds is 3. The molecule has 142 valence electrons. The number of nitrogens with zero attached hydrogens (tertiary/aromatic N) is 1. The number of halogens is 1. The fourth-order valence-electron chi connectivity index (χ4n) is 3.67. The second-order valence-electron chi connectivity index (χ2n) is 6.89. The zero-order valence-corrected chi connectivity index (χ0v) is 16.0. The molecule has 2 atom stereocenters. The molecule has 0 spiro atoms. The average molecular weight is 407 g/mol. The van der Waals surface area contributed by atoms with Crippen LogP contribution in [0.25, 0.3) is 0 Å². The summed E-state index contributed by atoms with van der Waals surface area (Å²) in [6, 6.07) is 12.1. The topological polar surface area (TPSA) is 86.7 Å². The highest BCUT2D eigenvalue weighted by Crippen LogP contribution is 2.34. The summed E-state index contributed by atoms with van der Waals surface area (Å²) < 4.78 is 27.3. The summed E-state index contributed by atoms with van der Waals surface area (Å²) in [5, 5.41) is 12.3. The second-order valence-corrected chi connectivity index (χ2v) is 9.20. The van der Waals surface area contributed by atoms with Crippen LogP contribution in [0.4, 0.5) is 0 Å². The first-order valence-electron chi connectivity index (χ1n) is 8.71. The summed E-state index contributed by atoms with van der Waals surface area (Å²) in [5.41, 5.74) is 2.66. The SMILES string of the molecule is O=C1NC(O)CCC1c1ccc2c(c1)CN(S(=O)(=O)c1ccccc1Cl)C2. The second kappa shape index (κ2) is 6.91. The maximum Gasteiger partial charge on any atom is 0.245 e. The Bertz CT molecular complexity index is 1010. The number of fused-ring (bicyclic) bond motifs is 1. The van der Waals surface area contributed by atoms with Crippen LogP contribution in [-0.2, 0) is 27.9 Å². The van der Waals surface area contributed by atoms with E-state index >= 15 is 0 Å². The van der Waals surface area contributed by atoms with Crippen molar-refractivity contribution in [3.63, 3.8) is 0 Å². The Hall–Kier alpha value is -1.93. The van der Waals surface area contributed by atoms with Gasteiger partial charge in [-0.05, 0) is 41.7 Å². The number of benzene rings is 2. The Morgan fingerprint density at radius 3 is 2.56 bits per heavy atom. The van der Waals surface area contributed by atoms with Gasteiger partial charge in [-0.15, -0.1) is 0 Å². The molecule has 0 aliphatic carbocycles. The van der Waals surface area contributed by atoms with Crippen molar-refractivity contribution < 1.29 is 18.3 Å². The van der Waals surface area contributed by atoms with Gasteiger partial charge in [-0.1, -0.05) is 41.9 Å². The summed E-state index contributed by atoms with van der Waals surface area (Å²) in [4.78, 5) is 12.3. The minimum atomic E-state index is -3.70. The molecular weight excluding hydrogens is 388 g/mol. The molecule has 2 unspecified atom stereocenters. The third-order valence-electron chi connectivity index (χ3n) is 5.13. The molecule has 1 amide bonds.